The van der Waals surface area contributed by atoms with Crippen LogP contribution >= 0.6 is 0 Å². The van der Waals surface area contributed by atoms with Crippen LogP contribution in [0.4, 0.5) is 5.82 Å². The molecule has 0 fully saturated rings. The van der Waals surface area contributed by atoms with Crippen LogP contribution in [0.2, 0.25) is 0 Å². The number of carboxylic acid groups (broad SMARTS) is 1. The van der Waals surface area contributed by atoms with Gasteiger partial charge in [-0.3, -0.25) is 0 Å². The van der Waals surface area contributed by atoms with Crippen LogP contribution in [-0.4, -0.2) is 37.9 Å². The molecule has 0 aromatic carbocycles. The van der Waals surface area contributed by atoms with Gasteiger partial charge < -0.3 is 14.6 Å². The highest BCUT2D eigenvalue weighted by molar-refractivity contribution is 5.92. The Morgan fingerprint density at radius 1 is 1.50 bits per heavy atom. The Hall–Kier alpha value is -2.44. The molecule has 2 aromatic heterocycles. The Balaban J connectivity index is 2.26. The number of aromatic nitrogens is 4. The quantitative estimate of drug-likeness (QED) is 0.849. The highest BCUT2D eigenvalue weighted by Crippen LogP contribution is 2.16. The molecule has 0 aliphatic heterocycles. The predicted molar refractivity (Wildman–Crippen MR) is 64.3 cm³/mol. The first kappa shape index (κ1) is 12.0. The molecular formula is C11H13N5O2. The second kappa shape index (κ2) is 4.82. The number of aromatic carboxylic acids is 1. The molecule has 0 aliphatic carbocycles. The van der Waals surface area contributed by atoms with E-state index in [1.165, 1.54) is 12.3 Å². The van der Waals surface area contributed by atoms with Gasteiger partial charge in [-0.1, -0.05) is 0 Å². The smallest absolute Gasteiger partial charge is 0.339 e. The summed E-state index contributed by atoms with van der Waals surface area (Å²) in [4.78, 5) is 17.0. The van der Waals surface area contributed by atoms with Gasteiger partial charge >= 0.3 is 5.97 Å². The summed E-state index contributed by atoms with van der Waals surface area (Å²) in [6, 6.07) is 1.43. The molecule has 7 nitrogen and oxygen atoms in total. The third kappa shape index (κ3) is 2.29. The normalized spacial score (nSPS) is 10.3. The Morgan fingerprint density at radius 3 is 2.89 bits per heavy atom. The maximum absolute atomic E-state index is 11.1. The lowest BCUT2D eigenvalue weighted by atomic mass is 10.2. The van der Waals surface area contributed by atoms with Gasteiger partial charge in [0.2, 0.25) is 0 Å². The van der Waals surface area contributed by atoms with Gasteiger partial charge in [-0.05, 0) is 6.07 Å². The monoisotopic (exact) mass is 247 g/mol. The summed E-state index contributed by atoms with van der Waals surface area (Å²) in [5.41, 5.74) is 0.127. The lowest BCUT2D eigenvalue weighted by molar-refractivity contribution is 0.0697. The number of carboxylic acids is 1. The molecule has 0 saturated carbocycles. The number of hydrogen-bond acceptors (Lipinski definition) is 5. The van der Waals surface area contributed by atoms with Gasteiger partial charge in [-0.2, -0.15) is 5.10 Å². The number of aryl methyl sites for hydroxylation is 1. The van der Waals surface area contributed by atoms with E-state index in [4.69, 9.17) is 5.11 Å². The molecular weight excluding hydrogens is 234 g/mol. The van der Waals surface area contributed by atoms with Crippen LogP contribution in [0.5, 0.6) is 0 Å². The zero-order chi connectivity index (χ0) is 13.1. The first-order chi connectivity index (χ1) is 8.59. The Morgan fingerprint density at radius 2 is 2.28 bits per heavy atom. The van der Waals surface area contributed by atoms with Gasteiger partial charge in [-0.15, -0.1) is 5.10 Å². The number of anilines is 1. The molecule has 0 amide bonds. The first-order valence-electron chi connectivity index (χ1n) is 5.32. The minimum absolute atomic E-state index is 0.127. The van der Waals surface area contributed by atoms with Crippen LogP contribution in [0.15, 0.2) is 24.7 Å². The number of rotatable bonds is 4. The molecule has 0 spiro atoms. The van der Waals surface area contributed by atoms with E-state index in [0.29, 0.717) is 12.4 Å². The van der Waals surface area contributed by atoms with E-state index in [9.17, 15) is 4.79 Å². The summed E-state index contributed by atoms with van der Waals surface area (Å²) in [5, 5.41) is 16.7. The van der Waals surface area contributed by atoms with Crippen molar-refractivity contribution in [1.82, 2.24) is 19.7 Å². The largest absolute Gasteiger partial charge is 0.478 e. The summed E-state index contributed by atoms with van der Waals surface area (Å²) in [6.45, 7) is 0.461. The van der Waals surface area contributed by atoms with Crippen molar-refractivity contribution in [2.75, 3.05) is 11.9 Å². The van der Waals surface area contributed by atoms with E-state index in [1.807, 2.05) is 17.8 Å². The Kier molecular flexibility index (Phi) is 3.22. The number of imidazole rings is 1. The van der Waals surface area contributed by atoms with Crippen LogP contribution in [0, 0.1) is 0 Å². The minimum atomic E-state index is -1.02. The maximum Gasteiger partial charge on any atom is 0.339 e. The molecule has 2 aromatic rings. The molecule has 0 saturated heterocycles. The lowest BCUT2D eigenvalue weighted by Crippen LogP contribution is -2.23. The number of hydrogen-bond donors (Lipinski definition) is 1. The van der Waals surface area contributed by atoms with Crippen LogP contribution < -0.4 is 4.90 Å². The van der Waals surface area contributed by atoms with Crippen LogP contribution in [-0.2, 0) is 13.6 Å². The fourth-order valence-corrected chi connectivity index (χ4v) is 1.61. The average Bonchev–Trinajstić information content (AvgIpc) is 2.75. The van der Waals surface area contributed by atoms with Crippen molar-refractivity contribution in [3.8, 4) is 0 Å². The molecule has 2 rings (SSSR count). The van der Waals surface area contributed by atoms with Crippen LogP contribution in [0.3, 0.4) is 0 Å². The second-order valence-corrected chi connectivity index (χ2v) is 3.88. The zero-order valence-electron chi connectivity index (χ0n) is 10.1. The summed E-state index contributed by atoms with van der Waals surface area (Å²) >= 11 is 0. The Bertz CT molecular complexity index is 566. The Labute approximate surface area is 104 Å². The third-order valence-electron chi connectivity index (χ3n) is 2.59. The van der Waals surface area contributed by atoms with Crippen molar-refractivity contribution in [2.24, 2.45) is 7.05 Å². The van der Waals surface area contributed by atoms with E-state index < -0.39 is 5.97 Å². The first-order valence-corrected chi connectivity index (χ1v) is 5.32. The van der Waals surface area contributed by atoms with Gasteiger partial charge in [0.25, 0.3) is 0 Å². The summed E-state index contributed by atoms with van der Waals surface area (Å²) < 4.78 is 1.87. The van der Waals surface area contributed by atoms with E-state index in [1.54, 1.807) is 18.1 Å². The molecule has 18 heavy (non-hydrogen) atoms. The SMILES string of the molecule is CN(Cc1nccn1C)c1nnccc1C(=O)O. The van der Waals surface area contributed by atoms with Crippen molar-refractivity contribution >= 4 is 11.8 Å². The summed E-state index contributed by atoms with van der Waals surface area (Å²) in [5.74, 6) is 0.124. The summed E-state index contributed by atoms with van der Waals surface area (Å²) in [7, 11) is 3.64. The van der Waals surface area contributed by atoms with E-state index in [2.05, 4.69) is 15.2 Å². The molecule has 94 valence electrons. The fraction of sp³-hybridized carbons (Fsp3) is 0.273. The van der Waals surface area contributed by atoms with Crippen molar-refractivity contribution in [3.05, 3.63) is 36.0 Å². The lowest BCUT2D eigenvalue weighted by Gasteiger charge is -2.18. The fourth-order valence-electron chi connectivity index (χ4n) is 1.61. The highest BCUT2D eigenvalue weighted by atomic mass is 16.4. The van der Waals surface area contributed by atoms with E-state index in [0.717, 1.165) is 5.82 Å². The van der Waals surface area contributed by atoms with E-state index in [-0.39, 0.29) is 5.56 Å². The number of nitrogens with zero attached hydrogens (tertiary/aromatic N) is 5. The minimum Gasteiger partial charge on any atom is -0.478 e. The highest BCUT2D eigenvalue weighted by Gasteiger charge is 2.16. The van der Waals surface area contributed by atoms with Crippen molar-refractivity contribution in [2.45, 2.75) is 6.54 Å². The van der Waals surface area contributed by atoms with E-state index >= 15 is 0 Å². The molecule has 1 N–H and O–H groups in total. The average molecular weight is 247 g/mol. The topological polar surface area (TPSA) is 84.1 Å². The van der Waals surface area contributed by atoms with Crippen molar-refractivity contribution < 1.29 is 9.90 Å². The van der Waals surface area contributed by atoms with Gasteiger partial charge in [0.1, 0.15) is 11.4 Å². The standard InChI is InChI=1S/C11H13N5O2/c1-15-6-5-12-9(15)7-16(2)10-8(11(17)18)3-4-13-14-10/h3-6H,7H2,1-2H3,(H,17,18). The van der Waals surface area contributed by atoms with Gasteiger partial charge in [0.15, 0.2) is 5.82 Å². The molecule has 0 radical (unpaired) electrons. The van der Waals surface area contributed by atoms with Crippen molar-refractivity contribution in [3.63, 3.8) is 0 Å². The van der Waals surface area contributed by atoms with Crippen LogP contribution in [0.25, 0.3) is 0 Å². The molecule has 2 heterocycles. The number of carbonyl (C=O) groups is 1. The molecule has 0 bridgehead atoms. The predicted octanol–water partition coefficient (Wildman–Crippen LogP) is 0.545. The molecule has 0 aliphatic rings. The van der Waals surface area contributed by atoms with Crippen LogP contribution in [0.1, 0.15) is 16.2 Å². The van der Waals surface area contributed by atoms with Crippen molar-refractivity contribution in [1.29, 1.82) is 0 Å². The van der Waals surface area contributed by atoms with Gasteiger partial charge in [0, 0.05) is 26.5 Å². The zero-order valence-corrected chi connectivity index (χ0v) is 10.1. The molecule has 0 unspecified atom stereocenters. The van der Waals surface area contributed by atoms with Gasteiger partial charge in [-0.25, -0.2) is 9.78 Å². The van der Waals surface area contributed by atoms with Gasteiger partial charge in [0.05, 0.1) is 12.7 Å². The molecule has 0 atom stereocenters. The second-order valence-electron chi connectivity index (χ2n) is 3.88. The third-order valence-corrected chi connectivity index (χ3v) is 2.59. The maximum atomic E-state index is 11.1. The summed E-state index contributed by atoms with van der Waals surface area (Å²) in [6.07, 6.45) is 4.89. The molecule has 7 heteroatoms.